The first-order chi connectivity index (χ1) is 7.57. The maximum absolute atomic E-state index is 11.5. The van der Waals surface area contributed by atoms with Crippen LogP contribution in [0.3, 0.4) is 0 Å². The average molecular weight is 259 g/mol. The summed E-state index contributed by atoms with van der Waals surface area (Å²) < 4.78 is 23.0. The lowest BCUT2D eigenvalue weighted by Crippen LogP contribution is -2.41. The average Bonchev–Trinajstić information content (AvgIpc) is 2.68. The van der Waals surface area contributed by atoms with Crippen LogP contribution in [-0.2, 0) is 9.84 Å². The SMILES string of the molecule is C[C@H](NC1CCCS(=O)(=O)C1)c1cccs1. The van der Waals surface area contributed by atoms with Crippen LogP contribution in [-0.4, -0.2) is 26.0 Å². The van der Waals surface area contributed by atoms with Crippen molar-refractivity contribution in [3.05, 3.63) is 22.4 Å². The highest BCUT2D eigenvalue weighted by atomic mass is 32.2. The zero-order chi connectivity index (χ0) is 11.6. The van der Waals surface area contributed by atoms with Crippen molar-refractivity contribution in [2.45, 2.75) is 31.8 Å². The molecule has 16 heavy (non-hydrogen) atoms. The summed E-state index contributed by atoms with van der Waals surface area (Å²) in [7, 11) is -2.81. The molecule has 5 heteroatoms. The summed E-state index contributed by atoms with van der Waals surface area (Å²) in [6, 6.07) is 4.48. The van der Waals surface area contributed by atoms with Gasteiger partial charge >= 0.3 is 0 Å². The molecular formula is C11H17NO2S2. The second-order valence-electron chi connectivity index (χ2n) is 4.36. The molecule has 0 aromatic carbocycles. The van der Waals surface area contributed by atoms with Gasteiger partial charge < -0.3 is 5.32 Å². The second kappa shape index (κ2) is 4.85. The molecule has 2 heterocycles. The molecule has 2 atom stereocenters. The predicted molar refractivity (Wildman–Crippen MR) is 67.5 cm³/mol. The Morgan fingerprint density at radius 3 is 3.00 bits per heavy atom. The maximum Gasteiger partial charge on any atom is 0.151 e. The third kappa shape index (κ3) is 3.06. The highest BCUT2D eigenvalue weighted by Gasteiger charge is 2.25. The van der Waals surface area contributed by atoms with Gasteiger partial charge in [-0.15, -0.1) is 11.3 Å². The highest BCUT2D eigenvalue weighted by molar-refractivity contribution is 7.91. The summed E-state index contributed by atoms with van der Waals surface area (Å²) in [5.41, 5.74) is 0. The van der Waals surface area contributed by atoms with Crippen LogP contribution in [0.5, 0.6) is 0 Å². The fourth-order valence-corrected chi connectivity index (χ4v) is 4.52. The number of rotatable bonds is 3. The number of nitrogens with one attached hydrogen (secondary N) is 1. The minimum absolute atomic E-state index is 0.121. The van der Waals surface area contributed by atoms with Gasteiger partial charge in [0, 0.05) is 17.0 Å². The van der Waals surface area contributed by atoms with E-state index >= 15 is 0 Å². The van der Waals surface area contributed by atoms with Gasteiger partial charge in [0.25, 0.3) is 0 Å². The van der Waals surface area contributed by atoms with Crippen molar-refractivity contribution in [2.24, 2.45) is 0 Å². The fourth-order valence-electron chi connectivity index (χ4n) is 2.13. The van der Waals surface area contributed by atoms with E-state index < -0.39 is 9.84 Å². The van der Waals surface area contributed by atoms with Crippen molar-refractivity contribution in [3.8, 4) is 0 Å². The Morgan fingerprint density at radius 1 is 1.56 bits per heavy atom. The first kappa shape index (κ1) is 12.1. The largest absolute Gasteiger partial charge is 0.306 e. The summed E-state index contributed by atoms with van der Waals surface area (Å²) in [4.78, 5) is 1.27. The van der Waals surface area contributed by atoms with E-state index in [4.69, 9.17) is 0 Å². The lowest BCUT2D eigenvalue weighted by Gasteiger charge is -2.26. The summed E-state index contributed by atoms with van der Waals surface area (Å²) in [6.45, 7) is 2.09. The molecule has 1 N–H and O–H groups in total. The van der Waals surface area contributed by atoms with Crippen LogP contribution in [0.15, 0.2) is 17.5 Å². The molecule has 2 rings (SSSR count). The molecule has 0 aliphatic carbocycles. The quantitative estimate of drug-likeness (QED) is 0.903. The molecule has 1 aromatic rings. The smallest absolute Gasteiger partial charge is 0.151 e. The van der Waals surface area contributed by atoms with Crippen LogP contribution in [0.4, 0.5) is 0 Å². The van der Waals surface area contributed by atoms with E-state index in [1.165, 1.54) is 4.88 Å². The predicted octanol–water partition coefficient (Wildman–Crippen LogP) is 1.98. The van der Waals surface area contributed by atoms with Crippen LogP contribution in [0.2, 0.25) is 0 Å². The molecule has 0 spiro atoms. The minimum Gasteiger partial charge on any atom is -0.306 e. The standard InChI is InChI=1S/C11H17NO2S2/c1-9(11-5-2-6-15-11)12-10-4-3-7-16(13,14)8-10/h2,5-6,9-10,12H,3-4,7-8H2,1H3/t9-,10?/m0/s1. The number of hydrogen-bond donors (Lipinski definition) is 1. The van der Waals surface area contributed by atoms with Crippen LogP contribution < -0.4 is 5.32 Å². The van der Waals surface area contributed by atoms with Crippen LogP contribution in [0.1, 0.15) is 30.7 Å². The number of sulfone groups is 1. The van der Waals surface area contributed by atoms with E-state index in [0.717, 1.165) is 12.8 Å². The van der Waals surface area contributed by atoms with Gasteiger partial charge in [-0.25, -0.2) is 8.42 Å². The number of hydrogen-bond acceptors (Lipinski definition) is 4. The first-order valence-electron chi connectivity index (χ1n) is 5.57. The molecule has 0 bridgehead atoms. The van der Waals surface area contributed by atoms with E-state index in [9.17, 15) is 8.42 Å². The molecule has 0 saturated carbocycles. The van der Waals surface area contributed by atoms with Crippen molar-refractivity contribution in [1.29, 1.82) is 0 Å². The van der Waals surface area contributed by atoms with Gasteiger partial charge in [-0.05, 0) is 31.2 Å². The Kier molecular flexibility index (Phi) is 3.66. The van der Waals surface area contributed by atoms with Gasteiger partial charge in [0.1, 0.15) is 0 Å². The molecule has 1 aromatic heterocycles. The highest BCUT2D eigenvalue weighted by Crippen LogP contribution is 2.21. The first-order valence-corrected chi connectivity index (χ1v) is 8.27. The normalized spacial score (nSPS) is 26.4. The summed E-state index contributed by atoms with van der Waals surface area (Å²) >= 11 is 1.71. The van der Waals surface area contributed by atoms with E-state index in [1.807, 2.05) is 11.4 Å². The van der Waals surface area contributed by atoms with Gasteiger partial charge in [-0.2, -0.15) is 0 Å². The van der Waals surface area contributed by atoms with E-state index in [2.05, 4.69) is 18.3 Å². The van der Waals surface area contributed by atoms with Crippen molar-refractivity contribution < 1.29 is 8.42 Å². The van der Waals surface area contributed by atoms with E-state index in [-0.39, 0.29) is 12.1 Å². The Balaban J connectivity index is 1.95. The molecular weight excluding hydrogens is 242 g/mol. The molecule has 0 radical (unpaired) electrons. The van der Waals surface area contributed by atoms with Crippen LogP contribution in [0.25, 0.3) is 0 Å². The van der Waals surface area contributed by atoms with Crippen molar-refractivity contribution in [3.63, 3.8) is 0 Å². The van der Waals surface area contributed by atoms with Gasteiger partial charge in [-0.1, -0.05) is 6.07 Å². The summed E-state index contributed by atoms with van der Waals surface area (Å²) in [6.07, 6.45) is 1.76. The molecule has 1 fully saturated rings. The monoisotopic (exact) mass is 259 g/mol. The fraction of sp³-hybridized carbons (Fsp3) is 0.636. The Hall–Kier alpha value is -0.390. The molecule has 90 valence electrons. The molecule has 0 amide bonds. The van der Waals surface area contributed by atoms with Gasteiger partial charge in [0.05, 0.1) is 11.5 Å². The Bertz CT molecular complexity index is 425. The molecule has 1 aliphatic heterocycles. The van der Waals surface area contributed by atoms with Crippen molar-refractivity contribution in [2.75, 3.05) is 11.5 Å². The second-order valence-corrected chi connectivity index (χ2v) is 7.57. The van der Waals surface area contributed by atoms with Crippen LogP contribution >= 0.6 is 11.3 Å². The summed E-state index contributed by atoms with van der Waals surface area (Å²) in [5, 5.41) is 5.45. The minimum atomic E-state index is -2.81. The van der Waals surface area contributed by atoms with Crippen molar-refractivity contribution in [1.82, 2.24) is 5.32 Å². The van der Waals surface area contributed by atoms with Gasteiger partial charge in [-0.3, -0.25) is 0 Å². The molecule has 1 saturated heterocycles. The Morgan fingerprint density at radius 2 is 2.38 bits per heavy atom. The van der Waals surface area contributed by atoms with E-state index in [1.54, 1.807) is 11.3 Å². The molecule has 3 nitrogen and oxygen atoms in total. The van der Waals surface area contributed by atoms with Crippen LogP contribution in [0, 0.1) is 0 Å². The van der Waals surface area contributed by atoms with E-state index in [0.29, 0.717) is 11.5 Å². The molecule has 1 unspecified atom stereocenters. The number of thiophene rings is 1. The Labute approximate surface area is 101 Å². The zero-order valence-corrected chi connectivity index (χ0v) is 11.0. The third-order valence-corrected chi connectivity index (χ3v) is 5.79. The van der Waals surface area contributed by atoms with Gasteiger partial charge in [0.15, 0.2) is 9.84 Å². The van der Waals surface area contributed by atoms with Gasteiger partial charge in [0.2, 0.25) is 0 Å². The van der Waals surface area contributed by atoms with Crippen molar-refractivity contribution >= 4 is 21.2 Å². The lowest BCUT2D eigenvalue weighted by molar-refractivity contribution is 0.440. The molecule has 1 aliphatic rings. The zero-order valence-electron chi connectivity index (χ0n) is 9.35. The maximum atomic E-state index is 11.5. The lowest BCUT2D eigenvalue weighted by atomic mass is 10.1. The topological polar surface area (TPSA) is 46.2 Å². The summed E-state index contributed by atoms with van der Waals surface area (Å²) in [5.74, 6) is 0.654. The third-order valence-electron chi connectivity index (χ3n) is 2.92.